The molecule has 0 aromatic carbocycles. The van der Waals surface area contributed by atoms with E-state index < -0.39 is 0 Å². The van der Waals surface area contributed by atoms with Crippen molar-refractivity contribution in [3.05, 3.63) is 29.3 Å². The van der Waals surface area contributed by atoms with E-state index in [4.69, 9.17) is 4.42 Å². The largest absolute Gasteiger partial charge is 0.465 e. The summed E-state index contributed by atoms with van der Waals surface area (Å²) in [7, 11) is 0. The number of aromatic nitrogens is 2. The van der Waals surface area contributed by atoms with Crippen LogP contribution in [0, 0.1) is 0 Å². The van der Waals surface area contributed by atoms with E-state index in [0.717, 1.165) is 36.5 Å². The van der Waals surface area contributed by atoms with E-state index in [1.807, 2.05) is 6.20 Å². The smallest absolute Gasteiger partial charge is 0.113 e. The van der Waals surface area contributed by atoms with E-state index in [-0.39, 0.29) is 0 Å². The van der Waals surface area contributed by atoms with Gasteiger partial charge in [0.05, 0.1) is 11.9 Å². The zero-order chi connectivity index (χ0) is 9.54. The summed E-state index contributed by atoms with van der Waals surface area (Å²) in [4.78, 5) is 0. The summed E-state index contributed by atoms with van der Waals surface area (Å²) in [6.07, 6.45) is 4.91. The van der Waals surface area contributed by atoms with E-state index in [1.54, 1.807) is 0 Å². The monoisotopic (exact) mass is 188 g/mol. The molecule has 0 unspecified atom stereocenters. The first-order chi connectivity index (χ1) is 6.88. The number of nitrogens with one attached hydrogen (secondary N) is 1. The number of nitrogens with zero attached hydrogens (tertiary/aromatic N) is 1. The maximum atomic E-state index is 5.73. The highest BCUT2D eigenvalue weighted by Crippen LogP contribution is 2.33. The number of fused-ring (bicyclic) bond motifs is 3. The molecule has 3 heteroatoms. The topological polar surface area (TPSA) is 41.8 Å². The number of aryl methyl sites for hydroxylation is 3. The number of furan rings is 1. The van der Waals surface area contributed by atoms with Crippen LogP contribution in [-0.4, -0.2) is 10.2 Å². The average molecular weight is 188 g/mol. The summed E-state index contributed by atoms with van der Waals surface area (Å²) in [5, 5.41) is 7.11. The Hall–Kier alpha value is -1.51. The molecule has 1 aliphatic rings. The third-order valence-corrected chi connectivity index (χ3v) is 2.82. The van der Waals surface area contributed by atoms with Gasteiger partial charge in [-0.25, -0.2) is 0 Å². The molecule has 0 saturated carbocycles. The van der Waals surface area contributed by atoms with Crippen molar-refractivity contribution < 1.29 is 4.42 Å². The van der Waals surface area contributed by atoms with Gasteiger partial charge in [0.1, 0.15) is 11.5 Å². The molecule has 1 aliphatic carbocycles. The minimum atomic E-state index is 0.955. The minimum absolute atomic E-state index is 0.955. The SMILES string of the molecule is CCc1cc2c(o1)CCc1cn[nH]c1-2. The summed E-state index contributed by atoms with van der Waals surface area (Å²) >= 11 is 0. The van der Waals surface area contributed by atoms with Crippen LogP contribution < -0.4 is 0 Å². The second-order valence-electron chi connectivity index (χ2n) is 3.67. The molecule has 2 aromatic heterocycles. The number of H-pyrrole nitrogens is 1. The molecule has 2 heterocycles. The molecule has 14 heavy (non-hydrogen) atoms. The van der Waals surface area contributed by atoms with Gasteiger partial charge >= 0.3 is 0 Å². The van der Waals surface area contributed by atoms with Gasteiger partial charge in [-0.15, -0.1) is 0 Å². The molecule has 0 aliphatic heterocycles. The summed E-state index contributed by atoms with van der Waals surface area (Å²) in [6.45, 7) is 2.11. The van der Waals surface area contributed by atoms with E-state index in [1.165, 1.54) is 11.1 Å². The summed E-state index contributed by atoms with van der Waals surface area (Å²) < 4.78 is 5.73. The fourth-order valence-corrected chi connectivity index (χ4v) is 2.04. The Morgan fingerprint density at radius 2 is 2.43 bits per heavy atom. The average Bonchev–Trinajstić information content (AvgIpc) is 2.82. The van der Waals surface area contributed by atoms with Gasteiger partial charge in [0.25, 0.3) is 0 Å². The molecule has 0 radical (unpaired) electrons. The lowest BCUT2D eigenvalue weighted by Gasteiger charge is -2.08. The van der Waals surface area contributed by atoms with Crippen LogP contribution in [0.1, 0.15) is 24.0 Å². The zero-order valence-electron chi connectivity index (χ0n) is 8.13. The van der Waals surface area contributed by atoms with Crippen molar-refractivity contribution in [2.75, 3.05) is 0 Å². The lowest BCUT2D eigenvalue weighted by molar-refractivity contribution is 0.468. The minimum Gasteiger partial charge on any atom is -0.465 e. The quantitative estimate of drug-likeness (QED) is 0.746. The maximum Gasteiger partial charge on any atom is 0.113 e. The van der Waals surface area contributed by atoms with Crippen molar-refractivity contribution in [2.45, 2.75) is 26.2 Å². The Balaban J connectivity index is 2.20. The molecule has 0 amide bonds. The molecule has 1 N–H and O–H groups in total. The first kappa shape index (κ1) is 7.85. The van der Waals surface area contributed by atoms with Crippen molar-refractivity contribution in [1.29, 1.82) is 0 Å². The van der Waals surface area contributed by atoms with Gasteiger partial charge in [0.15, 0.2) is 0 Å². The van der Waals surface area contributed by atoms with Crippen LogP contribution in [0.3, 0.4) is 0 Å². The third kappa shape index (κ3) is 0.953. The molecular formula is C11H12N2O. The predicted octanol–water partition coefficient (Wildman–Crippen LogP) is 2.33. The Labute approximate surface area is 82.1 Å². The van der Waals surface area contributed by atoms with Crippen LogP contribution >= 0.6 is 0 Å². The van der Waals surface area contributed by atoms with Gasteiger partial charge in [-0.3, -0.25) is 5.10 Å². The molecule has 2 aromatic rings. The van der Waals surface area contributed by atoms with E-state index in [2.05, 4.69) is 23.2 Å². The van der Waals surface area contributed by atoms with Gasteiger partial charge in [-0.1, -0.05) is 6.92 Å². The van der Waals surface area contributed by atoms with Crippen LogP contribution in [0.25, 0.3) is 11.3 Å². The van der Waals surface area contributed by atoms with Crippen molar-refractivity contribution in [2.24, 2.45) is 0 Å². The van der Waals surface area contributed by atoms with E-state index in [9.17, 15) is 0 Å². The number of hydrogen-bond acceptors (Lipinski definition) is 2. The maximum absolute atomic E-state index is 5.73. The van der Waals surface area contributed by atoms with Crippen LogP contribution in [-0.2, 0) is 19.3 Å². The number of aromatic amines is 1. The highest BCUT2D eigenvalue weighted by Gasteiger charge is 2.21. The zero-order valence-corrected chi connectivity index (χ0v) is 8.13. The van der Waals surface area contributed by atoms with Gasteiger partial charge in [0, 0.05) is 18.4 Å². The fourth-order valence-electron chi connectivity index (χ4n) is 2.04. The summed E-state index contributed by atoms with van der Waals surface area (Å²) in [5.41, 5.74) is 3.66. The van der Waals surface area contributed by atoms with Gasteiger partial charge in [-0.2, -0.15) is 5.10 Å². The highest BCUT2D eigenvalue weighted by atomic mass is 16.3. The van der Waals surface area contributed by atoms with Crippen LogP contribution in [0.2, 0.25) is 0 Å². The normalized spacial score (nSPS) is 13.8. The van der Waals surface area contributed by atoms with Crippen molar-refractivity contribution in [3.63, 3.8) is 0 Å². The molecule has 0 atom stereocenters. The number of rotatable bonds is 1. The predicted molar refractivity (Wildman–Crippen MR) is 53.1 cm³/mol. The first-order valence-corrected chi connectivity index (χ1v) is 5.02. The summed E-state index contributed by atoms with van der Waals surface area (Å²) in [6, 6.07) is 2.13. The van der Waals surface area contributed by atoms with Gasteiger partial charge in [-0.05, 0) is 18.1 Å². The first-order valence-electron chi connectivity index (χ1n) is 5.02. The second-order valence-corrected chi connectivity index (χ2v) is 3.67. The van der Waals surface area contributed by atoms with Crippen molar-refractivity contribution in [1.82, 2.24) is 10.2 Å². The third-order valence-electron chi connectivity index (χ3n) is 2.82. The van der Waals surface area contributed by atoms with Gasteiger partial charge in [0.2, 0.25) is 0 Å². The lowest BCUT2D eigenvalue weighted by Crippen LogP contribution is -1.99. The Kier molecular flexibility index (Phi) is 1.54. The van der Waals surface area contributed by atoms with Crippen LogP contribution in [0.15, 0.2) is 16.7 Å². The Morgan fingerprint density at radius 3 is 3.29 bits per heavy atom. The Bertz CT molecular complexity index is 467. The lowest BCUT2D eigenvalue weighted by atomic mass is 9.97. The molecule has 3 rings (SSSR count). The van der Waals surface area contributed by atoms with Crippen LogP contribution in [0.5, 0.6) is 0 Å². The molecular weight excluding hydrogens is 176 g/mol. The molecule has 0 fully saturated rings. The van der Waals surface area contributed by atoms with E-state index in [0.29, 0.717) is 0 Å². The molecule has 0 spiro atoms. The molecule has 0 bridgehead atoms. The fraction of sp³-hybridized carbons (Fsp3) is 0.364. The molecule has 0 saturated heterocycles. The van der Waals surface area contributed by atoms with Crippen molar-refractivity contribution >= 4 is 0 Å². The number of hydrogen-bond donors (Lipinski definition) is 1. The second kappa shape index (κ2) is 2.74. The van der Waals surface area contributed by atoms with Gasteiger partial charge < -0.3 is 4.42 Å². The Morgan fingerprint density at radius 1 is 1.50 bits per heavy atom. The van der Waals surface area contributed by atoms with E-state index >= 15 is 0 Å². The molecule has 72 valence electrons. The highest BCUT2D eigenvalue weighted by molar-refractivity contribution is 5.67. The van der Waals surface area contributed by atoms with Crippen molar-refractivity contribution in [3.8, 4) is 11.3 Å². The molecule has 3 nitrogen and oxygen atoms in total. The van der Waals surface area contributed by atoms with Crippen LogP contribution in [0.4, 0.5) is 0 Å². The summed E-state index contributed by atoms with van der Waals surface area (Å²) in [5.74, 6) is 2.18. The standard InChI is InChI=1S/C11H12N2O/c1-2-8-5-9-10(14-8)4-3-7-6-12-13-11(7)9/h5-6H,2-4H2,1H3,(H,12,13).